The largest absolute Gasteiger partial charge is 0.432 e. The predicted octanol–water partition coefficient (Wildman–Crippen LogP) is 7.76. The molecule has 0 amide bonds. The summed E-state index contributed by atoms with van der Waals surface area (Å²) in [5, 5.41) is 0.971. The second-order valence-electron chi connectivity index (χ2n) is 9.19. The SMILES string of the molecule is CSc1cnc(C(CCc2ccc(-c3ccccc3)cc2)O[Si](C)(C)C(C)(C)C)o1. The molecular formula is C25H33NO2SSi. The highest BCUT2D eigenvalue weighted by Crippen LogP contribution is 2.41. The van der Waals surface area contributed by atoms with E-state index in [1.807, 2.05) is 12.3 Å². The predicted molar refractivity (Wildman–Crippen MR) is 130 cm³/mol. The van der Waals surface area contributed by atoms with Gasteiger partial charge in [0.15, 0.2) is 13.4 Å². The van der Waals surface area contributed by atoms with Gasteiger partial charge in [0, 0.05) is 0 Å². The Labute approximate surface area is 186 Å². The summed E-state index contributed by atoms with van der Waals surface area (Å²) < 4.78 is 12.7. The molecule has 3 rings (SSSR count). The number of nitrogens with zero attached hydrogens (tertiary/aromatic N) is 1. The number of thioether (sulfide) groups is 1. The molecule has 30 heavy (non-hydrogen) atoms. The van der Waals surface area contributed by atoms with Crippen molar-refractivity contribution in [1.82, 2.24) is 4.98 Å². The summed E-state index contributed by atoms with van der Waals surface area (Å²) in [4.78, 5) is 4.53. The maximum absolute atomic E-state index is 6.73. The molecule has 5 heteroatoms. The summed E-state index contributed by atoms with van der Waals surface area (Å²) in [7, 11) is -1.95. The van der Waals surface area contributed by atoms with E-state index in [-0.39, 0.29) is 11.1 Å². The molecule has 0 aliphatic rings. The van der Waals surface area contributed by atoms with Crippen LogP contribution in [-0.2, 0) is 10.8 Å². The molecule has 0 saturated heterocycles. The van der Waals surface area contributed by atoms with E-state index in [4.69, 9.17) is 8.84 Å². The molecule has 160 valence electrons. The van der Waals surface area contributed by atoms with Crippen LogP contribution in [-0.4, -0.2) is 19.6 Å². The minimum Gasteiger partial charge on any atom is -0.432 e. The van der Waals surface area contributed by atoms with Gasteiger partial charge in [-0.3, -0.25) is 0 Å². The fourth-order valence-electron chi connectivity index (χ4n) is 3.07. The van der Waals surface area contributed by atoms with Gasteiger partial charge in [-0.2, -0.15) is 0 Å². The summed E-state index contributed by atoms with van der Waals surface area (Å²) >= 11 is 1.57. The summed E-state index contributed by atoms with van der Waals surface area (Å²) in [6.45, 7) is 11.4. The van der Waals surface area contributed by atoms with Crippen LogP contribution in [0.25, 0.3) is 11.1 Å². The first-order valence-electron chi connectivity index (χ1n) is 10.5. The first kappa shape index (κ1) is 22.9. The van der Waals surface area contributed by atoms with Crippen LogP contribution in [0.3, 0.4) is 0 Å². The molecule has 0 fully saturated rings. The standard InChI is InChI=1S/C25H33NO2SSi/c1-25(2,3)30(5,6)28-22(24-26-18-23(27-24)29-4)17-14-19-12-15-21(16-13-19)20-10-8-7-9-11-20/h7-13,15-16,18,22H,14,17H2,1-6H3. The molecule has 0 N–H and O–H groups in total. The van der Waals surface area contributed by atoms with Crippen LogP contribution in [0.4, 0.5) is 0 Å². The number of rotatable bonds is 8. The summed E-state index contributed by atoms with van der Waals surface area (Å²) in [6, 6.07) is 19.3. The van der Waals surface area contributed by atoms with E-state index in [0.29, 0.717) is 5.89 Å². The lowest BCUT2D eigenvalue weighted by molar-refractivity contribution is 0.137. The number of oxazole rings is 1. The zero-order valence-electron chi connectivity index (χ0n) is 18.9. The van der Waals surface area contributed by atoms with E-state index in [1.54, 1.807) is 18.0 Å². The molecule has 0 aliphatic heterocycles. The Morgan fingerprint density at radius 1 is 1.00 bits per heavy atom. The van der Waals surface area contributed by atoms with Gasteiger partial charge in [0.2, 0.25) is 5.89 Å². The van der Waals surface area contributed by atoms with Crippen molar-refractivity contribution in [3.8, 4) is 11.1 Å². The molecule has 0 spiro atoms. The fourth-order valence-corrected chi connectivity index (χ4v) is 4.68. The van der Waals surface area contributed by atoms with Crippen LogP contribution in [0.2, 0.25) is 18.1 Å². The third-order valence-electron chi connectivity index (χ3n) is 5.98. The molecular weight excluding hydrogens is 406 g/mol. The minimum atomic E-state index is -1.95. The maximum Gasteiger partial charge on any atom is 0.223 e. The van der Waals surface area contributed by atoms with E-state index < -0.39 is 8.32 Å². The molecule has 3 nitrogen and oxygen atoms in total. The molecule has 1 unspecified atom stereocenters. The Balaban J connectivity index is 1.74. The van der Waals surface area contributed by atoms with Gasteiger partial charge in [-0.05, 0) is 53.9 Å². The highest BCUT2D eigenvalue weighted by Gasteiger charge is 2.40. The Morgan fingerprint density at radius 2 is 1.63 bits per heavy atom. The zero-order chi connectivity index (χ0) is 21.8. The normalized spacial score (nSPS) is 13.4. The van der Waals surface area contributed by atoms with E-state index >= 15 is 0 Å². The van der Waals surface area contributed by atoms with Crippen LogP contribution in [0.5, 0.6) is 0 Å². The molecule has 0 saturated carbocycles. The van der Waals surface area contributed by atoms with Crippen molar-refractivity contribution in [2.45, 2.75) is 62.9 Å². The Kier molecular flexibility index (Phi) is 7.27. The third kappa shape index (κ3) is 5.65. The highest BCUT2D eigenvalue weighted by atomic mass is 32.2. The van der Waals surface area contributed by atoms with Crippen molar-refractivity contribution in [3.63, 3.8) is 0 Å². The molecule has 1 atom stereocenters. The van der Waals surface area contributed by atoms with E-state index in [0.717, 1.165) is 17.9 Å². The third-order valence-corrected chi connectivity index (χ3v) is 11.1. The van der Waals surface area contributed by atoms with Crippen molar-refractivity contribution in [1.29, 1.82) is 0 Å². The second-order valence-corrected chi connectivity index (χ2v) is 14.8. The van der Waals surface area contributed by atoms with Crippen molar-refractivity contribution in [2.24, 2.45) is 0 Å². The van der Waals surface area contributed by atoms with Crippen molar-refractivity contribution < 1.29 is 8.84 Å². The van der Waals surface area contributed by atoms with Crippen LogP contribution >= 0.6 is 11.8 Å². The Bertz CT molecular complexity index is 930. The average molecular weight is 440 g/mol. The summed E-state index contributed by atoms with van der Waals surface area (Å²) in [5.41, 5.74) is 3.79. The molecule has 3 aromatic rings. The van der Waals surface area contributed by atoms with Crippen molar-refractivity contribution >= 4 is 20.1 Å². The monoisotopic (exact) mass is 439 g/mol. The Hall–Kier alpha value is -1.82. The minimum absolute atomic E-state index is 0.124. The lowest BCUT2D eigenvalue weighted by Gasteiger charge is -2.38. The summed E-state index contributed by atoms with van der Waals surface area (Å²) in [5.74, 6) is 0.699. The quantitative estimate of drug-likeness (QED) is 0.265. The van der Waals surface area contributed by atoms with Crippen LogP contribution in [0.1, 0.15) is 44.8 Å². The van der Waals surface area contributed by atoms with Gasteiger partial charge in [-0.1, -0.05) is 87.1 Å². The highest BCUT2D eigenvalue weighted by molar-refractivity contribution is 7.98. The zero-order valence-corrected chi connectivity index (χ0v) is 20.8. The number of aromatic nitrogens is 1. The van der Waals surface area contributed by atoms with Gasteiger partial charge in [0.1, 0.15) is 6.10 Å². The molecule has 2 aromatic carbocycles. The Morgan fingerprint density at radius 3 is 2.20 bits per heavy atom. The van der Waals surface area contributed by atoms with Crippen molar-refractivity contribution in [3.05, 3.63) is 72.2 Å². The van der Waals surface area contributed by atoms with Gasteiger partial charge in [0.25, 0.3) is 0 Å². The smallest absolute Gasteiger partial charge is 0.223 e. The molecule has 0 aliphatic carbocycles. The number of hydrogen-bond donors (Lipinski definition) is 0. The van der Waals surface area contributed by atoms with E-state index in [1.165, 1.54) is 16.7 Å². The lowest BCUT2D eigenvalue weighted by Crippen LogP contribution is -2.42. The molecule has 1 heterocycles. The molecule has 0 bridgehead atoms. The first-order valence-corrected chi connectivity index (χ1v) is 14.6. The van der Waals surface area contributed by atoms with Crippen LogP contribution in [0.15, 0.2) is 70.3 Å². The lowest BCUT2D eigenvalue weighted by atomic mass is 10.0. The van der Waals surface area contributed by atoms with Gasteiger partial charge in [-0.15, -0.1) is 0 Å². The van der Waals surface area contributed by atoms with Gasteiger partial charge in [-0.25, -0.2) is 4.98 Å². The number of benzene rings is 2. The average Bonchev–Trinajstić information content (AvgIpc) is 3.20. The van der Waals surface area contributed by atoms with Crippen LogP contribution in [0, 0.1) is 0 Å². The topological polar surface area (TPSA) is 35.3 Å². The number of aryl methyl sites for hydroxylation is 1. The van der Waals surface area contributed by atoms with E-state index in [9.17, 15) is 0 Å². The maximum atomic E-state index is 6.73. The van der Waals surface area contributed by atoms with Gasteiger partial charge in [0.05, 0.1) is 6.20 Å². The first-order chi connectivity index (χ1) is 14.2. The number of hydrogen-bond acceptors (Lipinski definition) is 4. The van der Waals surface area contributed by atoms with Gasteiger partial charge >= 0.3 is 0 Å². The molecule has 1 aromatic heterocycles. The summed E-state index contributed by atoms with van der Waals surface area (Å²) in [6.07, 6.45) is 5.45. The van der Waals surface area contributed by atoms with Crippen LogP contribution < -0.4 is 0 Å². The van der Waals surface area contributed by atoms with E-state index in [2.05, 4.69) is 87.4 Å². The second kappa shape index (κ2) is 9.54. The van der Waals surface area contributed by atoms with Gasteiger partial charge < -0.3 is 8.84 Å². The molecule has 0 radical (unpaired) electrons. The fraction of sp³-hybridized carbons (Fsp3) is 0.400. The van der Waals surface area contributed by atoms with Crippen molar-refractivity contribution in [2.75, 3.05) is 6.26 Å².